The first kappa shape index (κ1) is 12.0. The van der Waals surface area contributed by atoms with E-state index < -0.39 is 0 Å². The molecule has 0 aliphatic heterocycles. The normalized spacial score (nSPS) is 15.1. The third-order valence-corrected chi connectivity index (χ3v) is 3.46. The number of rotatable bonds is 4. The molecular weight excluding hydrogens is 236 g/mol. The molecule has 0 radical (unpaired) electrons. The molecule has 19 heavy (non-hydrogen) atoms. The molecule has 1 heterocycles. The van der Waals surface area contributed by atoms with Gasteiger partial charge >= 0.3 is 0 Å². The molecule has 1 aliphatic carbocycles. The van der Waals surface area contributed by atoms with Gasteiger partial charge in [0.25, 0.3) is 0 Å². The van der Waals surface area contributed by atoms with Gasteiger partial charge in [0.05, 0.1) is 6.20 Å². The average molecular weight is 254 g/mol. The van der Waals surface area contributed by atoms with Crippen LogP contribution in [0, 0.1) is 6.92 Å². The molecule has 98 valence electrons. The van der Waals surface area contributed by atoms with Gasteiger partial charge in [-0.15, -0.1) is 0 Å². The largest absolute Gasteiger partial charge is 0.442 e. The van der Waals surface area contributed by atoms with Gasteiger partial charge in [0.15, 0.2) is 0 Å². The molecule has 1 aliphatic rings. The minimum Gasteiger partial charge on any atom is -0.442 e. The third kappa shape index (κ3) is 2.55. The van der Waals surface area contributed by atoms with Crippen LogP contribution in [-0.2, 0) is 0 Å². The van der Waals surface area contributed by atoms with Crippen LogP contribution in [0.15, 0.2) is 28.8 Å². The maximum absolute atomic E-state index is 5.48. The zero-order valence-electron chi connectivity index (χ0n) is 11.3. The lowest BCUT2D eigenvalue weighted by Gasteiger charge is -2.10. The molecule has 3 nitrogen and oxygen atoms in total. The molecule has 2 aromatic rings. The van der Waals surface area contributed by atoms with Crippen molar-refractivity contribution in [3.8, 4) is 0 Å². The van der Waals surface area contributed by atoms with Crippen LogP contribution in [0.1, 0.15) is 41.5 Å². The number of benzene rings is 1. The first-order valence-corrected chi connectivity index (χ1v) is 6.69. The summed E-state index contributed by atoms with van der Waals surface area (Å²) < 4.78 is 5.48. The highest BCUT2D eigenvalue weighted by atomic mass is 16.3. The Morgan fingerprint density at radius 1 is 1.32 bits per heavy atom. The van der Waals surface area contributed by atoms with Gasteiger partial charge in [-0.3, -0.25) is 0 Å². The van der Waals surface area contributed by atoms with Crippen molar-refractivity contribution in [3.63, 3.8) is 0 Å². The van der Waals surface area contributed by atoms with Crippen LogP contribution in [0.25, 0.3) is 12.2 Å². The second-order valence-electron chi connectivity index (χ2n) is 4.98. The molecule has 1 aromatic carbocycles. The smallest absolute Gasteiger partial charge is 0.218 e. The fourth-order valence-electron chi connectivity index (χ4n) is 2.34. The number of hydrogen-bond acceptors (Lipinski definition) is 3. The molecule has 1 N–H and O–H groups in total. The van der Waals surface area contributed by atoms with Crippen molar-refractivity contribution < 1.29 is 4.42 Å². The number of anilines is 1. The number of nitrogens with one attached hydrogen (secondary N) is 1. The molecule has 3 heteroatoms. The van der Waals surface area contributed by atoms with Crippen molar-refractivity contribution in [2.24, 2.45) is 0 Å². The lowest BCUT2D eigenvalue weighted by molar-refractivity contribution is 0.517. The molecule has 0 bridgehead atoms. The number of oxazole rings is 1. The van der Waals surface area contributed by atoms with Crippen LogP contribution in [0.5, 0.6) is 0 Å². The van der Waals surface area contributed by atoms with Crippen molar-refractivity contribution in [1.29, 1.82) is 0 Å². The van der Waals surface area contributed by atoms with E-state index in [1.807, 2.05) is 20.0 Å². The van der Waals surface area contributed by atoms with Crippen LogP contribution in [0.3, 0.4) is 0 Å². The Labute approximate surface area is 113 Å². The van der Waals surface area contributed by atoms with E-state index in [0.29, 0.717) is 5.89 Å². The van der Waals surface area contributed by atoms with Gasteiger partial charge in [-0.1, -0.05) is 12.1 Å². The van der Waals surface area contributed by atoms with Gasteiger partial charge < -0.3 is 9.73 Å². The van der Waals surface area contributed by atoms with Crippen molar-refractivity contribution in [3.05, 3.63) is 47.2 Å². The fourth-order valence-corrected chi connectivity index (χ4v) is 2.34. The highest BCUT2D eigenvalue weighted by Crippen LogP contribution is 2.43. The number of hydrogen-bond donors (Lipinski definition) is 1. The Morgan fingerprint density at radius 2 is 2.16 bits per heavy atom. The van der Waals surface area contributed by atoms with Crippen LogP contribution in [-0.4, -0.2) is 12.0 Å². The second-order valence-corrected chi connectivity index (χ2v) is 4.98. The maximum atomic E-state index is 5.48. The molecule has 1 saturated carbocycles. The summed E-state index contributed by atoms with van der Waals surface area (Å²) in [7, 11) is 1.96. The Kier molecular flexibility index (Phi) is 3.11. The van der Waals surface area contributed by atoms with E-state index in [1.54, 1.807) is 6.20 Å². The second kappa shape index (κ2) is 4.92. The van der Waals surface area contributed by atoms with E-state index in [2.05, 4.69) is 34.6 Å². The summed E-state index contributed by atoms with van der Waals surface area (Å²) in [5, 5.41) is 3.26. The van der Waals surface area contributed by atoms with Crippen LogP contribution < -0.4 is 5.32 Å². The Balaban J connectivity index is 1.96. The quantitative estimate of drug-likeness (QED) is 0.893. The third-order valence-electron chi connectivity index (χ3n) is 3.46. The van der Waals surface area contributed by atoms with Crippen molar-refractivity contribution in [2.75, 3.05) is 12.4 Å². The first-order chi connectivity index (χ1) is 9.28. The van der Waals surface area contributed by atoms with Crippen LogP contribution in [0.4, 0.5) is 5.69 Å². The van der Waals surface area contributed by atoms with Crippen LogP contribution >= 0.6 is 0 Å². The van der Waals surface area contributed by atoms with E-state index in [9.17, 15) is 0 Å². The van der Waals surface area contributed by atoms with Crippen molar-refractivity contribution in [1.82, 2.24) is 4.98 Å². The SMILES string of the molecule is CNc1cccc(C2CC2)c1/C=C/c1ncc(C)o1. The van der Waals surface area contributed by atoms with Crippen molar-refractivity contribution in [2.45, 2.75) is 25.7 Å². The Hall–Kier alpha value is -2.03. The monoisotopic (exact) mass is 254 g/mol. The molecule has 3 rings (SSSR count). The summed E-state index contributed by atoms with van der Waals surface area (Å²) in [6.07, 6.45) is 8.38. The lowest BCUT2D eigenvalue weighted by Crippen LogP contribution is -1.95. The summed E-state index contributed by atoms with van der Waals surface area (Å²) in [5.41, 5.74) is 3.83. The average Bonchev–Trinajstić information content (AvgIpc) is 3.19. The van der Waals surface area contributed by atoms with Crippen molar-refractivity contribution >= 4 is 17.8 Å². The predicted octanol–water partition coefficient (Wildman–Crippen LogP) is 4.07. The maximum Gasteiger partial charge on any atom is 0.218 e. The minimum atomic E-state index is 0.658. The minimum absolute atomic E-state index is 0.658. The van der Waals surface area contributed by atoms with E-state index >= 15 is 0 Å². The van der Waals surface area contributed by atoms with Gasteiger partial charge in [0, 0.05) is 24.4 Å². The summed E-state index contributed by atoms with van der Waals surface area (Å²) in [6, 6.07) is 6.44. The van der Waals surface area contributed by atoms with E-state index in [0.717, 1.165) is 17.4 Å². The highest BCUT2D eigenvalue weighted by Gasteiger charge is 2.26. The van der Waals surface area contributed by atoms with E-state index in [1.165, 1.54) is 24.0 Å². The molecule has 1 aromatic heterocycles. The molecule has 0 spiro atoms. The number of aromatic nitrogens is 1. The molecule has 0 saturated heterocycles. The summed E-state index contributed by atoms with van der Waals surface area (Å²) in [4.78, 5) is 4.20. The lowest BCUT2D eigenvalue weighted by atomic mass is 10.0. The molecule has 0 atom stereocenters. The van der Waals surface area contributed by atoms with Gasteiger partial charge in [-0.2, -0.15) is 0 Å². The molecule has 1 fully saturated rings. The molecule has 0 unspecified atom stereocenters. The zero-order valence-corrected chi connectivity index (χ0v) is 11.3. The fraction of sp³-hybridized carbons (Fsp3) is 0.312. The van der Waals surface area contributed by atoms with E-state index in [-0.39, 0.29) is 0 Å². The Bertz CT molecular complexity index is 609. The summed E-state index contributed by atoms with van der Waals surface area (Å²) in [5.74, 6) is 2.22. The number of nitrogens with zero attached hydrogens (tertiary/aromatic N) is 1. The van der Waals surface area contributed by atoms with Gasteiger partial charge in [-0.05, 0) is 43.4 Å². The summed E-state index contributed by atoms with van der Waals surface area (Å²) in [6.45, 7) is 1.90. The van der Waals surface area contributed by atoms with Gasteiger partial charge in [0.1, 0.15) is 5.76 Å². The molecule has 0 amide bonds. The van der Waals surface area contributed by atoms with Crippen LogP contribution in [0.2, 0.25) is 0 Å². The van der Waals surface area contributed by atoms with Gasteiger partial charge in [0.2, 0.25) is 5.89 Å². The zero-order chi connectivity index (χ0) is 13.2. The summed E-state index contributed by atoms with van der Waals surface area (Å²) >= 11 is 0. The molecular formula is C16H18N2O. The topological polar surface area (TPSA) is 38.1 Å². The Morgan fingerprint density at radius 3 is 2.79 bits per heavy atom. The van der Waals surface area contributed by atoms with Gasteiger partial charge in [-0.25, -0.2) is 4.98 Å². The van der Waals surface area contributed by atoms with E-state index in [4.69, 9.17) is 4.42 Å². The number of aryl methyl sites for hydroxylation is 1. The standard InChI is InChI=1S/C16H18N2O/c1-11-10-18-16(19-11)9-8-14-13(12-6-7-12)4-3-5-15(14)17-2/h3-5,8-10,12,17H,6-7H2,1-2H3/b9-8+. The highest BCUT2D eigenvalue weighted by molar-refractivity contribution is 5.77. The predicted molar refractivity (Wildman–Crippen MR) is 78.1 cm³/mol. The first-order valence-electron chi connectivity index (χ1n) is 6.69.